The standard InChI is InChI=1S/C16H19FN2/c1-11(2)19-10-14-4-5-15(17)9-16(14)13-6-7-18-12(3)8-13/h4-9,11,19H,10H2,1-3H3. The minimum Gasteiger partial charge on any atom is -0.310 e. The summed E-state index contributed by atoms with van der Waals surface area (Å²) >= 11 is 0. The number of benzene rings is 1. The predicted molar refractivity (Wildman–Crippen MR) is 76.3 cm³/mol. The van der Waals surface area contributed by atoms with Crippen LogP contribution in [0, 0.1) is 12.7 Å². The molecule has 0 amide bonds. The van der Waals surface area contributed by atoms with E-state index < -0.39 is 0 Å². The van der Waals surface area contributed by atoms with Crippen LogP contribution in [0.3, 0.4) is 0 Å². The molecule has 19 heavy (non-hydrogen) atoms. The van der Waals surface area contributed by atoms with Crippen molar-refractivity contribution in [1.29, 1.82) is 0 Å². The van der Waals surface area contributed by atoms with Crippen LogP contribution in [0.1, 0.15) is 25.1 Å². The lowest BCUT2D eigenvalue weighted by Crippen LogP contribution is -2.22. The lowest BCUT2D eigenvalue weighted by Gasteiger charge is -2.13. The summed E-state index contributed by atoms with van der Waals surface area (Å²) in [7, 11) is 0. The van der Waals surface area contributed by atoms with Gasteiger partial charge in [0.05, 0.1) is 0 Å². The Hall–Kier alpha value is -1.74. The summed E-state index contributed by atoms with van der Waals surface area (Å²) in [4.78, 5) is 4.18. The molecule has 0 spiro atoms. The van der Waals surface area contributed by atoms with Gasteiger partial charge in [0.25, 0.3) is 0 Å². The van der Waals surface area contributed by atoms with Crippen molar-refractivity contribution in [2.45, 2.75) is 33.4 Å². The van der Waals surface area contributed by atoms with Gasteiger partial charge >= 0.3 is 0 Å². The molecule has 100 valence electrons. The first kappa shape index (κ1) is 13.7. The van der Waals surface area contributed by atoms with Gasteiger partial charge in [0.1, 0.15) is 5.82 Å². The minimum absolute atomic E-state index is 0.210. The van der Waals surface area contributed by atoms with Gasteiger partial charge in [-0.1, -0.05) is 19.9 Å². The third kappa shape index (κ3) is 3.61. The first-order chi connectivity index (χ1) is 9.06. The van der Waals surface area contributed by atoms with Gasteiger partial charge in [-0.25, -0.2) is 4.39 Å². The number of hydrogen-bond acceptors (Lipinski definition) is 2. The second kappa shape index (κ2) is 5.93. The lowest BCUT2D eigenvalue weighted by atomic mass is 9.99. The third-order valence-electron chi connectivity index (χ3n) is 2.98. The zero-order valence-corrected chi connectivity index (χ0v) is 11.6. The number of nitrogens with one attached hydrogen (secondary N) is 1. The summed E-state index contributed by atoms with van der Waals surface area (Å²) in [6.45, 7) is 6.86. The van der Waals surface area contributed by atoms with Crippen LogP contribution in [0.5, 0.6) is 0 Å². The Morgan fingerprint density at radius 2 is 2.00 bits per heavy atom. The molecule has 0 saturated carbocycles. The average Bonchev–Trinajstić information content (AvgIpc) is 2.37. The quantitative estimate of drug-likeness (QED) is 0.904. The first-order valence-corrected chi connectivity index (χ1v) is 6.51. The number of aromatic nitrogens is 1. The summed E-state index contributed by atoms with van der Waals surface area (Å²) in [5, 5.41) is 3.37. The van der Waals surface area contributed by atoms with Gasteiger partial charge in [-0.2, -0.15) is 0 Å². The molecule has 0 aliphatic heterocycles. The minimum atomic E-state index is -0.210. The van der Waals surface area contributed by atoms with Crippen molar-refractivity contribution in [3.05, 3.63) is 53.6 Å². The summed E-state index contributed by atoms with van der Waals surface area (Å²) < 4.78 is 13.5. The molecule has 2 nitrogen and oxygen atoms in total. The second-order valence-corrected chi connectivity index (χ2v) is 5.02. The van der Waals surface area contributed by atoms with E-state index in [9.17, 15) is 4.39 Å². The smallest absolute Gasteiger partial charge is 0.123 e. The number of rotatable bonds is 4. The van der Waals surface area contributed by atoms with Crippen LogP contribution < -0.4 is 5.32 Å². The van der Waals surface area contributed by atoms with Crippen LogP contribution in [0.15, 0.2) is 36.5 Å². The second-order valence-electron chi connectivity index (χ2n) is 5.02. The molecule has 0 unspecified atom stereocenters. The van der Waals surface area contributed by atoms with Crippen LogP contribution in [-0.2, 0) is 6.54 Å². The molecule has 0 aliphatic carbocycles. The van der Waals surface area contributed by atoms with Crippen LogP contribution >= 0.6 is 0 Å². The van der Waals surface area contributed by atoms with Gasteiger partial charge in [-0.15, -0.1) is 0 Å². The van der Waals surface area contributed by atoms with Gasteiger partial charge < -0.3 is 5.32 Å². The average molecular weight is 258 g/mol. The highest BCUT2D eigenvalue weighted by atomic mass is 19.1. The van der Waals surface area contributed by atoms with E-state index in [0.717, 1.165) is 28.9 Å². The topological polar surface area (TPSA) is 24.9 Å². The van der Waals surface area contributed by atoms with Gasteiger partial charge in [0.2, 0.25) is 0 Å². The molecule has 0 radical (unpaired) electrons. The van der Waals surface area contributed by atoms with E-state index in [1.165, 1.54) is 6.07 Å². The Balaban J connectivity index is 2.39. The monoisotopic (exact) mass is 258 g/mol. The van der Waals surface area contributed by atoms with Crippen LogP contribution in [0.2, 0.25) is 0 Å². The molecule has 1 heterocycles. The van der Waals surface area contributed by atoms with Crippen molar-refractivity contribution >= 4 is 0 Å². The Bertz CT molecular complexity index is 564. The van der Waals surface area contributed by atoms with E-state index in [4.69, 9.17) is 0 Å². The van der Waals surface area contributed by atoms with E-state index in [1.807, 2.05) is 25.1 Å². The lowest BCUT2D eigenvalue weighted by molar-refractivity contribution is 0.587. The number of halogens is 1. The molecule has 1 aromatic carbocycles. The fourth-order valence-electron chi connectivity index (χ4n) is 2.00. The summed E-state index contributed by atoms with van der Waals surface area (Å²) in [6.07, 6.45) is 1.76. The fraction of sp³-hybridized carbons (Fsp3) is 0.312. The molecule has 0 saturated heterocycles. The van der Waals surface area contributed by atoms with E-state index in [0.29, 0.717) is 6.04 Å². The summed E-state index contributed by atoms with van der Waals surface area (Å²) in [6, 6.07) is 9.24. The molecule has 0 bridgehead atoms. The molecule has 0 aliphatic rings. The van der Waals surface area contributed by atoms with Gasteiger partial charge in [0.15, 0.2) is 0 Å². The SMILES string of the molecule is Cc1cc(-c2cc(F)ccc2CNC(C)C)ccn1. The predicted octanol–water partition coefficient (Wildman–Crippen LogP) is 3.69. The van der Waals surface area contributed by atoms with Crippen molar-refractivity contribution in [3.8, 4) is 11.1 Å². The molecule has 2 aromatic rings. The van der Waals surface area contributed by atoms with E-state index in [-0.39, 0.29) is 5.82 Å². The highest BCUT2D eigenvalue weighted by Crippen LogP contribution is 2.25. The third-order valence-corrected chi connectivity index (χ3v) is 2.98. The molecule has 2 rings (SSSR count). The van der Waals surface area contributed by atoms with Crippen molar-refractivity contribution in [2.75, 3.05) is 0 Å². The summed E-state index contributed by atoms with van der Waals surface area (Å²) in [5.41, 5.74) is 3.97. The Labute approximate surface area is 113 Å². The Morgan fingerprint density at radius 3 is 2.68 bits per heavy atom. The number of hydrogen-bond donors (Lipinski definition) is 1. The molecule has 0 fully saturated rings. The summed E-state index contributed by atoms with van der Waals surface area (Å²) in [5.74, 6) is -0.210. The maximum atomic E-state index is 13.5. The van der Waals surface area contributed by atoms with Crippen molar-refractivity contribution in [2.24, 2.45) is 0 Å². The maximum Gasteiger partial charge on any atom is 0.123 e. The fourth-order valence-corrected chi connectivity index (χ4v) is 2.00. The van der Waals surface area contributed by atoms with Crippen LogP contribution in [-0.4, -0.2) is 11.0 Å². The zero-order chi connectivity index (χ0) is 13.8. The first-order valence-electron chi connectivity index (χ1n) is 6.51. The van der Waals surface area contributed by atoms with Gasteiger partial charge in [-0.3, -0.25) is 4.98 Å². The number of aryl methyl sites for hydroxylation is 1. The molecular formula is C16H19FN2. The maximum absolute atomic E-state index is 13.5. The number of pyridine rings is 1. The molecule has 3 heteroatoms. The van der Waals surface area contributed by atoms with Crippen molar-refractivity contribution in [1.82, 2.24) is 10.3 Å². The molecule has 0 atom stereocenters. The molecule has 1 aromatic heterocycles. The van der Waals surface area contributed by atoms with E-state index >= 15 is 0 Å². The normalized spacial score (nSPS) is 11.0. The molecule has 1 N–H and O–H groups in total. The van der Waals surface area contributed by atoms with Crippen molar-refractivity contribution < 1.29 is 4.39 Å². The van der Waals surface area contributed by atoms with Gasteiger partial charge in [0, 0.05) is 24.5 Å². The van der Waals surface area contributed by atoms with E-state index in [1.54, 1.807) is 12.3 Å². The largest absolute Gasteiger partial charge is 0.310 e. The Morgan fingerprint density at radius 1 is 1.21 bits per heavy atom. The number of nitrogens with zero attached hydrogens (tertiary/aromatic N) is 1. The van der Waals surface area contributed by atoms with Crippen LogP contribution in [0.4, 0.5) is 4.39 Å². The Kier molecular flexibility index (Phi) is 4.27. The zero-order valence-electron chi connectivity index (χ0n) is 11.6. The van der Waals surface area contributed by atoms with Crippen molar-refractivity contribution in [3.63, 3.8) is 0 Å². The molecular weight excluding hydrogens is 239 g/mol. The highest BCUT2D eigenvalue weighted by Gasteiger charge is 2.07. The van der Waals surface area contributed by atoms with Crippen LogP contribution in [0.25, 0.3) is 11.1 Å². The van der Waals surface area contributed by atoms with Gasteiger partial charge in [-0.05, 0) is 47.9 Å². The highest BCUT2D eigenvalue weighted by molar-refractivity contribution is 5.67. The van der Waals surface area contributed by atoms with E-state index in [2.05, 4.69) is 24.1 Å².